The lowest BCUT2D eigenvalue weighted by Gasteiger charge is -2.10. The lowest BCUT2D eigenvalue weighted by molar-refractivity contribution is 0.0955. The fourth-order valence-electron chi connectivity index (χ4n) is 2.80. The molecule has 0 saturated carbocycles. The van der Waals surface area contributed by atoms with Crippen LogP contribution in [0.15, 0.2) is 60.0 Å². The first-order chi connectivity index (χ1) is 12.1. The minimum absolute atomic E-state index is 0.281. The summed E-state index contributed by atoms with van der Waals surface area (Å²) >= 11 is 0. The predicted octanol–water partition coefficient (Wildman–Crippen LogP) is 3.56. The van der Waals surface area contributed by atoms with Crippen molar-refractivity contribution in [3.05, 3.63) is 82.9 Å². The van der Waals surface area contributed by atoms with Gasteiger partial charge in [-0.1, -0.05) is 12.1 Å². The summed E-state index contributed by atoms with van der Waals surface area (Å²) in [7, 11) is 0. The van der Waals surface area contributed by atoms with Gasteiger partial charge in [0, 0.05) is 35.0 Å². The molecule has 1 N–H and O–H groups in total. The number of benzene rings is 1. The lowest BCUT2D eigenvalue weighted by atomic mass is 10.2. The van der Waals surface area contributed by atoms with Crippen LogP contribution in [0.25, 0.3) is 5.69 Å². The number of nitrogens with zero attached hydrogens (tertiary/aromatic N) is 3. The first kappa shape index (κ1) is 16.6. The molecule has 0 radical (unpaired) electrons. The van der Waals surface area contributed by atoms with Crippen LogP contribution in [0.3, 0.4) is 0 Å². The predicted molar refractivity (Wildman–Crippen MR) is 99.3 cm³/mol. The third-order valence-electron chi connectivity index (χ3n) is 4.02. The molecule has 2 heterocycles. The van der Waals surface area contributed by atoms with Crippen molar-refractivity contribution in [1.82, 2.24) is 15.0 Å². The summed E-state index contributed by atoms with van der Waals surface area (Å²) in [4.78, 5) is 15.9. The van der Waals surface area contributed by atoms with Crippen LogP contribution < -0.4 is 5.43 Å². The summed E-state index contributed by atoms with van der Waals surface area (Å²) in [5.74, 6) is -0.281. The fourth-order valence-corrected chi connectivity index (χ4v) is 2.80. The van der Waals surface area contributed by atoms with Crippen molar-refractivity contribution >= 4 is 12.1 Å². The largest absolute Gasteiger partial charge is 0.318 e. The average molecular weight is 332 g/mol. The molecule has 0 unspecified atom stereocenters. The standard InChI is InChI=1S/C20H20N4O/c1-14-6-4-8-19(10-14)24-15(2)11-18(16(24)3)13-22-23-20(25)17-7-5-9-21-12-17/h4-13H,1-3H3,(H,23,25)/b22-13-. The number of aryl methyl sites for hydroxylation is 2. The van der Waals surface area contributed by atoms with Crippen LogP contribution in [0.4, 0.5) is 0 Å². The van der Waals surface area contributed by atoms with E-state index in [2.05, 4.69) is 58.2 Å². The molecule has 5 nitrogen and oxygen atoms in total. The van der Waals surface area contributed by atoms with Crippen molar-refractivity contribution in [2.24, 2.45) is 5.10 Å². The highest BCUT2D eigenvalue weighted by atomic mass is 16.2. The first-order valence-corrected chi connectivity index (χ1v) is 8.05. The number of amides is 1. The van der Waals surface area contributed by atoms with Gasteiger partial charge in [-0.3, -0.25) is 9.78 Å². The van der Waals surface area contributed by atoms with Crippen molar-refractivity contribution < 1.29 is 4.79 Å². The van der Waals surface area contributed by atoms with Gasteiger partial charge in [-0.25, -0.2) is 5.43 Å². The molecular weight excluding hydrogens is 312 g/mol. The number of aromatic nitrogens is 2. The summed E-state index contributed by atoms with van der Waals surface area (Å²) in [6.45, 7) is 6.18. The molecule has 0 spiro atoms. The van der Waals surface area contributed by atoms with Crippen LogP contribution in [0.5, 0.6) is 0 Å². The van der Waals surface area contributed by atoms with Gasteiger partial charge in [0.05, 0.1) is 11.8 Å². The monoisotopic (exact) mass is 332 g/mol. The maximum Gasteiger partial charge on any atom is 0.272 e. The van der Waals surface area contributed by atoms with Crippen molar-refractivity contribution in [2.75, 3.05) is 0 Å². The molecule has 2 aromatic heterocycles. The number of hydrazone groups is 1. The molecule has 0 saturated heterocycles. The van der Waals surface area contributed by atoms with Gasteiger partial charge >= 0.3 is 0 Å². The van der Waals surface area contributed by atoms with Crippen LogP contribution in [-0.4, -0.2) is 21.7 Å². The Morgan fingerprint density at radius 1 is 1.16 bits per heavy atom. The minimum Gasteiger partial charge on any atom is -0.318 e. The van der Waals surface area contributed by atoms with Crippen LogP contribution in [-0.2, 0) is 0 Å². The highest BCUT2D eigenvalue weighted by Gasteiger charge is 2.10. The number of carbonyl (C=O) groups is 1. The molecule has 0 bridgehead atoms. The molecule has 0 aliphatic rings. The normalized spacial score (nSPS) is 11.0. The van der Waals surface area contributed by atoms with E-state index >= 15 is 0 Å². The highest BCUT2D eigenvalue weighted by molar-refractivity contribution is 5.94. The van der Waals surface area contributed by atoms with Crippen LogP contribution >= 0.6 is 0 Å². The molecule has 126 valence electrons. The van der Waals surface area contributed by atoms with E-state index in [-0.39, 0.29) is 5.91 Å². The topological polar surface area (TPSA) is 59.3 Å². The molecule has 5 heteroatoms. The van der Waals surface area contributed by atoms with Gasteiger partial charge in [0.2, 0.25) is 0 Å². The van der Waals surface area contributed by atoms with Crippen LogP contribution in [0.1, 0.15) is 32.9 Å². The molecule has 3 aromatic rings. The maximum absolute atomic E-state index is 12.0. The van der Waals surface area contributed by atoms with Gasteiger partial charge in [0.15, 0.2) is 0 Å². The Hall–Kier alpha value is -3.21. The Bertz CT molecular complexity index is 926. The molecule has 0 fully saturated rings. The zero-order valence-electron chi connectivity index (χ0n) is 14.5. The van der Waals surface area contributed by atoms with Crippen molar-refractivity contribution in [2.45, 2.75) is 20.8 Å². The summed E-state index contributed by atoms with van der Waals surface area (Å²) in [5.41, 5.74) is 8.49. The molecule has 1 aromatic carbocycles. The van der Waals surface area contributed by atoms with Crippen LogP contribution in [0, 0.1) is 20.8 Å². The number of pyridine rings is 1. The fraction of sp³-hybridized carbons (Fsp3) is 0.150. The van der Waals surface area contributed by atoms with Crippen molar-refractivity contribution in [3.63, 3.8) is 0 Å². The molecule has 1 amide bonds. The number of carbonyl (C=O) groups excluding carboxylic acids is 1. The van der Waals surface area contributed by atoms with Crippen molar-refractivity contribution in [3.8, 4) is 5.69 Å². The quantitative estimate of drug-likeness (QED) is 0.586. The van der Waals surface area contributed by atoms with Gasteiger partial charge in [0.25, 0.3) is 5.91 Å². The Labute approximate surface area is 147 Å². The molecular formula is C20H20N4O. The van der Waals surface area contributed by atoms with E-state index in [1.165, 1.54) is 11.8 Å². The third kappa shape index (κ3) is 3.66. The second kappa shape index (κ2) is 7.13. The number of hydrogen-bond donors (Lipinski definition) is 1. The Balaban J connectivity index is 1.80. The second-order valence-corrected chi connectivity index (χ2v) is 5.94. The third-order valence-corrected chi connectivity index (χ3v) is 4.02. The van der Waals surface area contributed by atoms with Gasteiger partial charge < -0.3 is 4.57 Å². The molecule has 0 aliphatic carbocycles. The zero-order chi connectivity index (χ0) is 17.8. The van der Waals surface area contributed by atoms with E-state index in [1.54, 1.807) is 24.5 Å². The van der Waals surface area contributed by atoms with E-state index in [9.17, 15) is 4.79 Å². The SMILES string of the molecule is Cc1cccc(-n2c(C)cc(/C=N\NC(=O)c3cccnc3)c2C)c1. The molecule has 0 aliphatic heterocycles. The smallest absolute Gasteiger partial charge is 0.272 e. The number of rotatable bonds is 4. The Morgan fingerprint density at radius 3 is 2.72 bits per heavy atom. The minimum atomic E-state index is -0.281. The molecule has 0 atom stereocenters. The Kier molecular flexibility index (Phi) is 4.75. The molecule has 25 heavy (non-hydrogen) atoms. The van der Waals surface area contributed by atoms with Gasteiger partial charge in [0.1, 0.15) is 0 Å². The molecule has 3 rings (SSSR count). The van der Waals surface area contributed by atoms with E-state index in [1.807, 2.05) is 13.0 Å². The summed E-state index contributed by atoms with van der Waals surface area (Å²) in [6, 6.07) is 13.8. The summed E-state index contributed by atoms with van der Waals surface area (Å²) < 4.78 is 2.18. The van der Waals surface area contributed by atoms with Gasteiger partial charge in [-0.15, -0.1) is 0 Å². The average Bonchev–Trinajstić information content (AvgIpc) is 2.89. The summed E-state index contributed by atoms with van der Waals surface area (Å²) in [6.07, 6.45) is 4.80. The lowest BCUT2D eigenvalue weighted by Crippen LogP contribution is -2.17. The maximum atomic E-state index is 12.0. The van der Waals surface area contributed by atoms with E-state index < -0.39 is 0 Å². The van der Waals surface area contributed by atoms with Gasteiger partial charge in [-0.05, 0) is 56.7 Å². The van der Waals surface area contributed by atoms with Crippen LogP contribution in [0.2, 0.25) is 0 Å². The van der Waals surface area contributed by atoms with E-state index in [0.29, 0.717) is 5.56 Å². The summed E-state index contributed by atoms with van der Waals surface area (Å²) in [5, 5.41) is 4.08. The van der Waals surface area contributed by atoms with E-state index in [0.717, 1.165) is 22.6 Å². The Morgan fingerprint density at radius 2 is 2.00 bits per heavy atom. The van der Waals surface area contributed by atoms with Gasteiger partial charge in [-0.2, -0.15) is 5.10 Å². The van der Waals surface area contributed by atoms with E-state index in [4.69, 9.17) is 0 Å². The second-order valence-electron chi connectivity index (χ2n) is 5.94. The highest BCUT2D eigenvalue weighted by Crippen LogP contribution is 2.20. The number of hydrogen-bond acceptors (Lipinski definition) is 3. The number of nitrogens with one attached hydrogen (secondary N) is 1. The van der Waals surface area contributed by atoms with Crippen molar-refractivity contribution in [1.29, 1.82) is 0 Å². The zero-order valence-corrected chi connectivity index (χ0v) is 14.5. The first-order valence-electron chi connectivity index (χ1n) is 8.05.